The molecule has 3 heteroatoms. The molecule has 0 aliphatic carbocycles. The Balaban J connectivity index is 2.31. The lowest BCUT2D eigenvalue weighted by atomic mass is 9.91. The molecule has 1 aliphatic rings. The molecular formula is C9H15N3. The summed E-state index contributed by atoms with van der Waals surface area (Å²) in [5.74, 6) is 0.515. The maximum Gasteiger partial charge on any atom is 0.0948 e. The highest BCUT2D eigenvalue weighted by Crippen LogP contribution is 2.28. The standard InChI is InChI=1S/C9H15N3/c1-7(10)8-3-2-4-12-6-11-5-9(8)12/h5-8H,2-4,10H2,1H3. The molecule has 0 saturated heterocycles. The van der Waals surface area contributed by atoms with Crippen molar-refractivity contribution in [2.45, 2.75) is 38.3 Å². The van der Waals surface area contributed by atoms with Crippen LogP contribution in [0.15, 0.2) is 12.5 Å². The number of imidazole rings is 1. The molecule has 1 aromatic heterocycles. The lowest BCUT2D eigenvalue weighted by Crippen LogP contribution is -2.29. The summed E-state index contributed by atoms with van der Waals surface area (Å²) in [6.45, 7) is 3.19. The second-order valence-corrected chi connectivity index (χ2v) is 3.62. The van der Waals surface area contributed by atoms with Gasteiger partial charge < -0.3 is 10.3 Å². The van der Waals surface area contributed by atoms with E-state index in [2.05, 4.69) is 16.5 Å². The van der Waals surface area contributed by atoms with Crippen molar-refractivity contribution in [3.05, 3.63) is 18.2 Å². The lowest BCUT2D eigenvalue weighted by molar-refractivity contribution is 0.413. The zero-order valence-electron chi connectivity index (χ0n) is 7.40. The zero-order chi connectivity index (χ0) is 8.55. The van der Waals surface area contributed by atoms with Gasteiger partial charge >= 0.3 is 0 Å². The smallest absolute Gasteiger partial charge is 0.0948 e. The number of nitrogens with zero attached hydrogens (tertiary/aromatic N) is 2. The van der Waals surface area contributed by atoms with Crippen LogP contribution in [-0.4, -0.2) is 15.6 Å². The van der Waals surface area contributed by atoms with Crippen molar-refractivity contribution >= 4 is 0 Å². The van der Waals surface area contributed by atoms with Gasteiger partial charge in [0.2, 0.25) is 0 Å². The van der Waals surface area contributed by atoms with Crippen LogP contribution in [0.1, 0.15) is 31.4 Å². The monoisotopic (exact) mass is 165 g/mol. The largest absolute Gasteiger partial charge is 0.334 e. The average Bonchev–Trinajstić information content (AvgIpc) is 2.49. The number of hydrogen-bond acceptors (Lipinski definition) is 2. The minimum absolute atomic E-state index is 0.251. The molecule has 0 spiro atoms. The fourth-order valence-corrected chi connectivity index (χ4v) is 1.99. The van der Waals surface area contributed by atoms with E-state index in [1.165, 1.54) is 18.5 Å². The first kappa shape index (κ1) is 7.80. The number of hydrogen-bond donors (Lipinski definition) is 1. The van der Waals surface area contributed by atoms with Gasteiger partial charge in [0.1, 0.15) is 0 Å². The van der Waals surface area contributed by atoms with Crippen molar-refractivity contribution in [1.82, 2.24) is 9.55 Å². The predicted molar refractivity (Wildman–Crippen MR) is 47.9 cm³/mol. The van der Waals surface area contributed by atoms with E-state index in [-0.39, 0.29) is 6.04 Å². The Morgan fingerprint density at radius 3 is 3.33 bits per heavy atom. The summed E-state index contributed by atoms with van der Waals surface area (Å²) in [6, 6.07) is 0.251. The van der Waals surface area contributed by atoms with E-state index < -0.39 is 0 Å². The van der Waals surface area contributed by atoms with Crippen molar-refractivity contribution in [1.29, 1.82) is 0 Å². The molecule has 0 amide bonds. The van der Waals surface area contributed by atoms with Crippen molar-refractivity contribution in [3.63, 3.8) is 0 Å². The summed E-state index contributed by atoms with van der Waals surface area (Å²) in [7, 11) is 0. The van der Waals surface area contributed by atoms with Gasteiger partial charge in [0, 0.05) is 30.4 Å². The van der Waals surface area contributed by atoms with Gasteiger partial charge in [-0.15, -0.1) is 0 Å². The molecule has 0 saturated carbocycles. The van der Waals surface area contributed by atoms with E-state index in [0.29, 0.717) is 5.92 Å². The van der Waals surface area contributed by atoms with Crippen LogP contribution in [0, 0.1) is 0 Å². The van der Waals surface area contributed by atoms with Crippen LogP contribution in [0.4, 0.5) is 0 Å². The van der Waals surface area contributed by atoms with Gasteiger partial charge in [-0.1, -0.05) is 0 Å². The molecule has 0 radical (unpaired) electrons. The highest BCUT2D eigenvalue weighted by Gasteiger charge is 2.23. The SMILES string of the molecule is CC(N)C1CCCn2cncc21. The van der Waals surface area contributed by atoms with Crippen LogP contribution in [0.2, 0.25) is 0 Å². The van der Waals surface area contributed by atoms with Crippen molar-refractivity contribution < 1.29 is 0 Å². The first-order chi connectivity index (χ1) is 5.79. The Labute approximate surface area is 72.6 Å². The molecule has 2 unspecified atom stereocenters. The Kier molecular flexibility index (Phi) is 1.89. The number of aromatic nitrogens is 2. The maximum atomic E-state index is 5.90. The minimum Gasteiger partial charge on any atom is -0.334 e. The van der Waals surface area contributed by atoms with Crippen LogP contribution in [0.5, 0.6) is 0 Å². The number of aryl methyl sites for hydroxylation is 1. The molecule has 1 aromatic rings. The van der Waals surface area contributed by atoms with Gasteiger partial charge in [-0.2, -0.15) is 0 Å². The molecule has 12 heavy (non-hydrogen) atoms. The van der Waals surface area contributed by atoms with Crippen LogP contribution in [0.25, 0.3) is 0 Å². The second kappa shape index (κ2) is 2.90. The van der Waals surface area contributed by atoms with Crippen molar-refractivity contribution in [3.8, 4) is 0 Å². The first-order valence-electron chi connectivity index (χ1n) is 4.54. The van der Waals surface area contributed by atoms with E-state index in [9.17, 15) is 0 Å². The van der Waals surface area contributed by atoms with Crippen molar-refractivity contribution in [2.24, 2.45) is 5.73 Å². The minimum atomic E-state index is 0.251. The second-order valence-electron chi connectivity index (χ2n) is 3.62. The fraction of sp³-hybridized carbons (Fsp3) is 0.667. The summed E-state index contributed by atoms with van der Waals surface area (Å²) in [5.41, 5.74) is 7.22. The Bertz CT molecular complexity index is 264. The van der Waals surface area contributed by atoms with E-state index in [1.807, 2.05) is 12.5 Å². The Morgan fingerprint density at radius 2 is 2.58 bits per heavy atom. The first-order valence-corrected chi connectivity index (χ1v) is 4.54. The van der Waals surface area contributed by atoms with E-state index in [1.54, 1.807) is 0 Å². The molecule has 2 atom stereocenters. The van der Waals surface area contributed by atoms with Gasteiger partial charge in [-0.3, -0.25) is 0 Å². The molecular weight excluding hydrogens is 150 g/mol. The molecule has 1 aliphatic heterocycles. The highest BCUT2D eigenvalue weighted by atomic mass is 15.1. The summed E-state index contributed by atoms with van der Waals surface area (Å²) in [6.07, 6.45) is 6.30. The van der Waals surface area contributed by atoms with Crippen LogP contribution < -0.4 is 5.73 Å². The summed E-state index contributed by atoms with van der Waals surface area (Å²) in [4.78, 5) is 4.14. The summed E-state index contributed by atoms with van der Waals surface area (Å²) in [5, 5.41) is 0. The molecule has 2 N–H and O–H groups in total. The predicted octanol–water partition coefficient (Wildman–Crippen LogP) is 1.11. The van der Waals surface area contributed by atoms with E-state index in [4.69, 9.17) is 5.73 Å². The molecule has 2 heterocycles. The van der Waals surface area contributed by atoms with Gasteiger partial charge in [0.05, 0.1) is 6.33 Å². The fourth-order valence-electron chi connectivity index (χ4n) is 1.99. The highest BCUT2D eigenvalue weighted by molar-refractivity contribution is 5.11. The van der Waals surface area contributed by atoms with Gasteiger partial charge in [-0.05, 0) is 19.8 Å². The number of rotatable bonds is 1. The maximum absolute atomic E-state index is 5.90. The van der Waals surface area contributed by atoms with Gasteiger partial charge in [0.25, 0.3) is 0 Å². The van der Waals surface area contributed by atoms with Crippen LogP contribution >= 0.6 is 0 Å². The van der Waals surface area contributed by atoms with E-state index in [0.717, 1.165) is 6.54 Å². The van der Waals surface area contributed by atoms with Gasteiger partial charge in [0.15, 0.2) is 0 Å². The normalized spacial score (nSPS) is 25.0. The number of fused-ring (bicyclic) bond motifs is 1. The molecule has 0 fully saturated rings. The third-order valence-electron chi connectivity index (χ3n) is 2.67. The summed E-state index contributed by atoms with van der Waals surface area (Å²) >= 11 is 0. The van der Waals surface area contributed by atoms with Gasteiger partial charge in [-0.25, -0.2) is 4.98 Å². The molecule has 0 bridgehead atoms. The topological polar surface area (TPSA) is 43.8 Å². The molecule has 66 valence electrons. The third kappa shape index (κ3) is 1.14. The third-order valence-corrected chi connectivity index (χ3v) is 2.67. The van der Waals surface area contributed by atoms with Crippen LogP contribution in [-0.2, 0) is 6.54 Å². The Hall–Kier alpha value is -0.830. The van der Waals surface area contributed by atoms with Crippen molar-refractivity contribution in [2.75, 3.05) is 0 Å². The molecule has 0 aromatic carbocycles. The Morgan fingerprint density at radius 1 is 1.75 bits per heavy atom. The lowest BCUT2D eigenvalue weighted by Gasteiger charge is -2.26. The summed E-state index contributed by atoms with van der Waals surface area (Å²) < 4.78 is 2.22. The van der Waals surface area contributed by atoms with Crippen LogP contribution in [0.3, 0.4) is 0 Å². The molecule has 3 nitrogen and oxygen atoms in total. The average molecular weight is 165 g/mol. The van der Waals surface area contributed by atoms with E-state index >= 15 is 0 Å². The number of nitrogens with two attached hydrogens (primary N) is 1. The zero-order valence-corrected chi connectivity index (χ0v) is 7.40. The molecule has 2 rings (SSSR count). The quantitative estimate of drug-likeness (QED) is 0.677.